The number of pyridine rings is 1. The fourth-order valence-electron chi connectivity index (χ4n) is 3.64. The highest BCUT2D eigenvalue weighted by Crippen LogP contribution is 2.25. The Hall–Kier alpha value is -2.20. The molecule has 0 unspecified atom stereocenters. The first-order valence-corrected chi connectivity index (χ1v) is 8.30. The average Bonchev–Trinajstić information content (AvgIpc) is 3.17. The molecule has 1 atom stereocenters. The molecule has 0 radical (unpaired) electrons. The van der Waals surface area contributed by atoms with Crippen LogP contribution in [0.25, 0.3) is 10.9 Å². The zero-order valence-electron chi connectivity index (χ0n) is 13.5. The van der Waals surface area contributed by atoms with Gasteiger partial charge in [-0.1, -0.05) is 18.2 Å². The van der Waals surface area contributed by atoms with E-state index >= 15 is 0 Å². The fraction of sp³-hybridized carbons (Fsp3) is 0.368. The second-order valence-corrected chi connectivity index (χ2v) is 6.61. The largest absolute Gasteiger partial charge is 0.340 e. The maximum absolute atomic E-state index is 4.47. The van der Waals surface area contributed by atoms with Gasteiger partial charge in [0.2, 0.25) is 0 Å². The first kappa shape index (κ1) is 14.4. The number of imidazole rings is 1. The second-order valence-electron chi connectivity index (χ2n) is 6.61. The van der Waals surface area contributed by atoms with E-state index in [0.717, 1.165) is 30.9 Å². The van der Waals surface area contributed by atoms with Gasteiger partial charge in [-0.25, -0.2) is 4.98 Å². The zero-order chi connectivity index (χ0) is 15.6. The molecule has 1 saturated heterocycles. The van der Waals surface area contributed by atoms with Crippen molar-refractivity contribution in [3.63, 3.8) is 0 Å². The van der Waals surface area contributed by atoms with Crippen LogP contribution in [0.15, 0.2) is 49.1 Å². The zero-order valence-corrected chi connectivity index (χ0v) is 13.5. The standard InChI is InChI=1S/C19H22N4/c1-22-12-17(21-14-22)13-23-9-7-15(11-23)10-16-6-8-20-19-5-3-2-4-18(16)19/h2-6,8,12,14-15H,7,9-11,13H2,1H3/t15-/m1/s1. The molecule has 0 amide bonds. The summed E-state index contributed by atoms with van der Waals surface area (Å²) in [6.07, 6.45) is 8.35. The molecule has 4 rings (SSSR count). The van der Waals surface area contributed by atoms with Crippen molar-refractivity contribution in [1.82, 2.24) is 19.4 Å². The van der Waals surface area contributed by atoms with Crippen LogP contribution >= 0.6 is 0 Å². The number of aromatic nitrogens is 3. The van der Waals surface area contributed by atoms with Crippen LogP contribution in [0.2, 0.25) is 0 Å². The molecule has 2 aromatic heterocycles. The Balaban J connectivity index is 1.43. The number of likely N-dealkylation sites (tertiary alicyclic amines) is 1. The molecule has 4 nitrogen and oxygen atoms in total. The van der Waals surface area contributed by atoms with Crippen molar-refractivity contribution in [2.24, 2.45) is 13.0 Å². The lowest BCUT2D eigenvalue weighted by Gasteiger charge is -2.15. The smallest absolute Gasteiger partial charge is 0.0947 e. The van der Waals surface area contributed by atoms with E-state index in [4.69, 9.17) is 0 Å². The van der Waals surface area contributed by atoms with Gasteiger partial charge in [-0.05, 0) is 43.0 Å². The minimum absolute atomic E-state index is 0.726. The van der Waals surface area contributed by atoms with Crippen molar-refractivity contribution in [3.8, 4) is 0 Å². The van der Waals surface area contributed by atoms with Crippen LogP contribution in [-0.4, -0.2) is 32.5 Å². The van der Waals surface area contributed by atoms with Crippen LogP contribution in [-0.2, 0) is 20.0 Å². The number of nitrogens with zero attached hydrogens (tertiary/aromatic N) is 4. The van der Waals surface area contributed by atoms with Crippen molar-refractivity contribution in [3.05, 3.63) is 60.3 Å². The minimum atomic E-state index is 0.726. The maximum Gasteiger partial charge on any atom is 0.0947 e. The van der Waals surface area contributed by atoms with E-state index in [2.05, 4.69) is 51.4 Å². The van der Waals surface area contributed by atoms with Gasteiger partial charge in [-0.3, -0.25) is 9.88 Å². The van der Waals surface area contributed by atoms with Crippen molar-refractivity contribution in [1.29, 1.82) is 0 Å². The van der Waals surface area contributed by atoms with Gasteiger partial charge in [-0.2, -0.15) is 0 Å². The Kier molecular flexibility index (Phi) is 3.83. The third kappa shape index (κ3) is 3.13. The molecule has 23 heavy (non-hydrogen) atoms. The molecule has 1 fully saturated rings. The Labute approximate surface area is 136 Å². The highest BCUT2D eigenvalue weighted by atomic mass is 15.2. The Morgan fingerprint density at radius 3 is 2.96 bits per heavy atom. The first-order valence-electron chi connectivity index (χ1n) is 8.30. The summed E-state index contributed by atoms with van der Waals surface area (Å²) in [5.74, 6) is 0.726. The Morgan fingerprint density at radius 2 is 2.09 bits per heavy atom. The number of benzene rings is 1. The predicted octanol–water partition coefficient (Wildman–Crippen LogP) is 3.03. The van der Waals surface area contributed by atoms with E-state index in [0.29, 0.717) is 0 Å². The molecule has 3 aromatic rings. The van der Waals surface area contributed by atoms with Gasteiger partial charge in [0.25, 0.3) is 0 Å². The summed E-state index contributed by atoms with van der Waals surface area (Å²) in [5, 5.41) is 1.30. The van der Waals surface area contributed by atoms with Crippen LogP contribution in [0.4, 0.5) is 0 Å². The summed E-state index contributed by atoms with van der Waals surface area (Å²) < 4.78 is 2.02. The van der Waals surface area contributed by atoms with Crippen molar-refractivity contribution in [2.75, 3.05) is 13.1 Å². The number of rotatable bonds is 4. The SMILES string of the molecule is Cn1cnc(CN2CC[C@H](Cc3ccnc4ccccc34)C2)c1. The quantitative estimate of drug-likeness (QED) is 0.743. The lowest BCUT2D eigenvalue weighted by Crippen LogP contribution is -2.20. The van der Waals surface area contributed by atoms with E-state index in [1.54, 1.807) is 0 Å². The molecular formula is C19H22N4. The lowest BCUT2D eigenvalue weighted by molar-refractivity contribution is 0.313. The van der Waals surface area contributed by atoms with Crippen LogP contribution in [0, 0.1) is 5.92 Å². The Morgan fingerprint density at radius 1 is 1.17 bits per heavy atom. The van der Waals surface area contributed by atoms with E-state index in [9.17, 15) is 0 Å². The highest BCUT2D eigenvalue weighted by molar-refractivity contribution is 5.81. The van der Waals surface area contributed by atoms with Gasteiger partial charge in [0, 0.05) is 37.9 Å². The third-order valence-electron chi connectivity index (χ3n) is 4.76. The van der Waals surface area contributed by atoms with Gasteiger partial charge in [0.15, 0.2) is 0 Å². The summed E-state index contributed by atoms with van der Waals surface area (Å²) in [6, 6.07) is 10.6. The van der Waals surface area contributed by atoms with Crippen molar-refractivity contribution in [2.45, 2.75) is 19.4 Å². The predicted molar refractivity (Wildman–Crippen MR) is 92.0 cm³/mol. The molecule has 3 heterocycles. The first-order chi connectivity index (χ1) is 11.3. The van der Waals surface area contributed by atoms with E-state index in [1.807, 2.05) is 24.1 Å². The average molecular weight is 306 g/mol. The van der Waals surface area contributed by atoms with Crippen LogP contribution in [0.3, 0.4) is 0 Å². The van der Waals surface area contributed by atoms with Crippen molar-refractivity contribution < 1.29 is 0 Å². The molecule has 0 spiro atoms. The molecule has 0 bridgehead atoms. The molecule has 4 heteroatoms. The highest BCUT2D eigenvalue weighted by Gasteiger charge is 2.23. The van der Waals surface area contributed by atoms with Gasteiger partial charge in [-0.15, -0.1) is 0 Å². The van der Waals surface area contributed by atoms with E-state index < -0.39 is 0 Å². The fourth-order valence-corrected chi connectivity index (χ4v) is 3.64. The van der Waals surface area contributed by atoms with Gasteiger partial charge in [0.1, 0.15) is 0 Å². The summed E-state index contributed by atoms with van der Waals surface area (Å²) in [5.41, 5.74) is 3.70. The number of hydrogen-bond donors (Lipinski definition) is 0. The van der Waals surface area contributed by atoms with E-state index in [1.165, 1.54) is 29.6 Å². The number of aryl methyl sites for hydroxylation is 1. The summed E-state index contributed by atoms with van der Waals surface area (Å²) in [6.45, 7) is 3.30. The Bertz CT molecular complexity index is 802. The van der Waals surface area contributed by atoms with Gasteiger partial charge < -0.3 is 4.57 Å². The summed E-state index contributed by atoms with van der Waals surface area (Å²) in [4.78, 5) is 11.4. The molecular weight excluding hydrogens is 284 g/mol. The molecule has 1 aromatic carbocycles. The van der Waals surface area contributed by atoms with E-state index in [-0.39, 0.29) is 0 Å². The maximum atomic E-state index is 4.47. The number of para-hydroxylation sites is 1. The summed E-state index contributed by atoms with van der Waals surface area (Å²) >= 11 is 0. The van der Waals surface area contributed by atoms with Gasteiger partial charge in [0.05, 0.1) is 17.5 Å². The van der Waals surface area contributed by atoms with Gasteiger partial charge >= 0.3 is 0 Å². The number of fused-ring (bicyclic) bond motifs is 1. The molecule has 1 aliphatic heterocycles. The van der Waals surface area contributed by atoms with Crippen LogP contribution in [0.5, 0.6) is 0 Å². The summed E-state index contributed by atoms with van der Waals surface area (Å²) in [7, 11) is 2.03. The monoisotopic (exact) mass is 306 g/mol. The third-order valence-corrected chi connectivity index (χ3v) is 4.76. The van der Waals surface area contributed by atoms with Crippen molar-refractivity contribution >= 4 is 10.9 Å². The topological polar surface area (TPSA) is 34.0 Å². The number of hydrogen-bond acceptors (Lipinski definition) is 3. The molecule has 118 valence electrons. The normalized spacial score (nSPS) is 18.7. The second kappa shape index (κ2) is 6.13. The molecule has 1 aliphatic rings. The molecule has 0 aliphatic carbocycles. The molecule has 0 N–H and O–H groups in total. The molecule has 0 saturated carbocycles. The lowest BCUT2D eigenvalue weighted by atomic mass is 9.96. The van der Waals surface area contributed by atoms with Crippen LogP contribution < -0.4 is 0 Å². The minimum Gasteiger partial charge on any atom is -0.340 e. The van der Waals surface area contributed by atoms with Crippen LogP contribution in [0.1, 0.15) is 17.7 Å².